The van der Waals surface area contributed by atoms with Crippen LogP contribution in [0.4, 0.5) is 13.2 Å². The van der Waals surface area contributed by atoms with Crippen molar-refractivity contribution in [2.75, 3.05) is 0 Å². The largest absolute Gasteiger partial charge is 0.522 e. The summed E-state index contributed by atoms with van der Waals surface area (Å²) in [4.78, 5) is 0. The molecular weight excluding hydrogens is 489 g/mol. The van der Waals surface area contributed by atoms with Crippen LogP contribution in [-0.4, -0.2) is 22.2 Å². The molecular formula is C27H53F3O3SSi. The minimum absolute atomic E-state index is 0.0993. The van der Waals surface area contributed by atoms with Gasteiger partial charge in [0.05, 0.1) is 0 Å². The van der Waals surface area contributed by atoms with Gasteiger partial charge in [0.2, 0.25) is 8.32 Å². The first kappa shape index (κ1) is 32.9. The zero-order valence-electron chi connectivity index (χ0n) is 22.9. The average Bonchev–Trinajstić information content (AvgIpc) is 2.71. The Bertz CT molecular complexity index is 625. The van der Waals surface area contributed by atoms with Crippen LogP contribution in [-0.2, 0) is 14.0 Å². The van der Waals surface area contributed by atoms with Gasteiger partial charge in [0.25, 0.3) is 0 Å². The molecule has 0 unspecified atom stereocenters. The average molecular weight is 543 g/mol. The second-order valence-electron chi connectivity index (χ2n) is 11.9. The van der Waals surface area contributed by atoms with Crippen molar-refractivity contribution in [3.8, 4) is 0 Å². The van der Waals surface area contributed by atoms with E-state index in [0.717, 1.165) is 12.8 Å². The second-order valence-corrected chi connectivity index (χ2v) is 17.7. The number of alkyl halides is 3. The van der Waals surface area contributed by atoms with Gasteiger partial charge in [0.15, 0.2) is 0 Å². The van der Waals surface area contributed by atoms with E-state index < -0.39 is 23.9 Å². The van der Waals surface area contributed by atoms with Crippen LogP contribution in [0.2, 0.25) is 18.1 Å². The molecule has 1 saturated carbocycles. The first-order valence-corrected chi connectivity index (χ1v) is 18.3. The van der Waals surface area contributed by atoms with Crippen LogP contribution in [0.5, 0.6) is 0 Å². The zero-order valence-corrected chi connectivity index (χ0v) is 24.8. The van der Waals surface area contributed by atoms with Gasteiger partial charge >= 0.3 is 15.6 Å². The third-order valence-corrected chi connectivity index (χ3v) is 14.6. The van der Waals surface area contributed by atoms with E-state index in [0.29, 0.717) is 24.1 Å². The fraction of sp³-hybridized carbons (Fsp3) is 1.00. The first-order chi connectivity index (χ1) is 16.4. The van der Waals surface area contributed by atoms with Crippen LogP contribution in [0, 0.1) is 17.8 Å². The quantitative estimate of drug-likeness (QED) is 0.204. The van der Waals surface area contributed by atoms with Crippen molar-refractivity contribution >= 4 is 18.4 Å². The van der Waals surface area contributed by atoms with Gasteiger partial charge in [-0.3, -0.25) is 0 Å². The summed E-state index contributed by atoms with van der Waals surface area (Å²) in [7, 11) is -8.71. The Hall–Kier alpha value is -0.0831. The third-order valence-electron chi connectivity index (χ3n) is 7.35. The van der Waals surface area contributed by atoms with Crippen molar-refractivity contribution in [3.05, 3.63) is 0 Å². The lowest BCUT2D eigenvalue weighted by atomic mass is 9.91. The molecule has 35 heavy (non-hydrogen) atoms. The summed E-state index contributed by atoms with van der Waals surface area (Å²) in [5.41, 5.74) is -5.36. The van der Waals surface area contributed by atoms with Gasteiger partial charge in [-0.15, -0.1) is 0 Å². The van der Waals surface area contributed by atoms with Crippen LogP contribution in [0.3, 0.4) is 0 Å². The SMILES string of the molecule is CC(C)C[Si](CCCC1CCCCCCCCCCCCCC1)(CC(C)C)OS(=O)(=O)C(F)(F)F. The molecule has 0 atom stereocenters. The van der Waals surface area contributed by atoms with E-state index in [2.05, 4.69) is 0 Å². The van der Waals surface area contributed by atoms with Crippen LogP contribution < -0.4 is 0 Å². The predicted octanol–water partition coefficient (Wildman–Crippen LogP) is 9.98. The van der Waals surface area contributed by atoms with E-state index in [4.69, 9.17) is 3.87 Å². The molecule has 0 bridgehead atoms. The van der Waals surface area contributed by atoms with E-state index in [9.17, 15) is 21.6 Å². The van der Waals surface area contributed by atoms with E-state index in [-0.39, 0.29) is 11.8 Å². The monoisotopic (exact) mass is 542 g/mol. The summed E-state index contributed by atoms with van der Waals surface area (Å²) in [6.45, 7) is 7.80. The molecule has 1 aliphatic carbocycles. The summed E-state index contributed by atoms with van der Waals surface area (Å²) >= 11 is 0. The number of halogens is 3. The van der Waals surface area contributed by atoms with Crippen molar-refractivity contribution in [3.63, 3.8) is 0 Å². The first-order valence-electron chi connectivity index (χ1n) is 14.4. The van der Waals surface area contributed by atoms with E-state index >= 15 is 0 Å². The molecule has 0 amide bonds. The topological polar surface area (TPSA) is 43.4 Å². The standard InChI is InChI=1S/C27H53F3O3SSi/c1-24(2)22-35(23-25(3)4,33-34(31,32)27(28,29)30)21-17-20-26-18-15-13-11-9-7-5-6-8-10-12-14-16-19-26/h24-26H,5-23H2,1-4H3. The predicted molar refractivity (Wildman–Crippen MR) is 143 cm³/mol. The van der Waals surface area contributed by atoms with Gasteiger partial charge in [0.1, 0.15) is 0 Å². The minimum Gasteiger partial charge on any atom is -0.308 e. The minimum atomic E-state index is -5.58. The molecule has 0 radical (unpaired) electrons. The van der Waals surface area contributed by atoms with Crippen LogP contribution in [0.15, 0.2) is 0 Å². The van der Waals surface area contributed by atoms with Crippen molar-refractivity contribution in [1.82, 2.24) is 0 Å². The van der Waals surface area contributed by atoms with Crippen LogP contribution in [0.1, 0.15) is 130 Å². The number of rotatable bonds is 10. The van der Waals surface area contributed by atoms with Gasteiger partial charge in [-0.05, 0) is 35.9 Å². The molecule has 8 heteroatoms. The lowest BCUT2D eigenvalue weighted by Gasteiger charge is -2.34. The maximum Gasteiger partial charge on any atom is 0.522 e. The molecule has 0 saturated heterocycles. The Kier molecular flexibility index (Phi) is 15.7. The second kappa shape index (κ2) is 16.7. The van der Waals surface area contributed by atoms with Crippen LogP contribution in [0.25, 0.3) is 0 Å². The summed E-state index contributed by atoms with van der Waals surface area (Å²) < 4.78 is 69.2. The highest BCUT2D eigenvalue weighted by atomic mass is 32.2. The maximum atomic E-state index is 13.3. The molecule has 0 aromatic heterocycles. The number of hydrogen-bond donors (Lipinski definition) is 0. The third kappa shape index (κ3) is 14.4. The molecule has 1 fully saturated rings. The zero-order chi connectivity index (χ0) is 26.4. The Morgan fingerprint density at radius 2 is 1.11 bits per heavy atom. The molecule has 0 heterocycles. The lowest BCUT2D eigenvalue weighted by molar-refractivity contribution is -0.0505. The van der Waals surface area contributed by atoms with Gasteiger partial charge in [-0.2, -0.15) is 21.6 Å². The molecule has 0 spiro atoms. The van der Waals surface area contributed by atoms with Gasteiger partial charge < -0.3 is 3.87 Å². The van der Waals surface area contributed by atoms with Crippen molar-refractivity contribution in [2.24, 2.45) is 17.8 Å². The Balaban J connectivity index is 2.85. The fourth-order valence-electron chi connectivity index (χ4n) is 5.94. The highest BCUT2D eigenvalue weighted by Crippen LogP contribution is 2.38. The van der Waals surface area contributed by atoms with Crippen LogP contribution >= 0.6 is 0 Å². The maximum absolute atomic E-state index is 13.3. The van der Waals surface area contributed by atoms with E-state index in [1.807, 2.05) is 27.7 Å². The summed E-state index contributed by atoms with van der Waals surface area (Å²) in [6, 6.07) is 1.39. The lowest BCUT2D eigenvalue weighted by Crippen LogP contribution is -2.45. The fourth-order valence-corrected chi connectivity index (χ4v) is 13.5. The molecule has 1 rings (SSSR count). The smallest absolute Gasteiger partial charge is 0.308 e. The summed E-state index contributed by atoms with van der Waals surface area (Å²) in [5, 5.41) is 0. The normalized spacial score (nSPS) is 19.6. The molecule has 3 nitrogen and oxygen atoms in total. The van der Waals surface area contributed by atoms with Crippen molar-refractivity contribution in [1.29, 1.82) is 0 Å². The van der Waals surface area contributed by atoms with Gasteiger partial charge in [-0.1, -0.05) is 130 Å². The molecule has 210 valence electrons. The molecule has 0 aromatic carbocycles. The van der Waals surface area contributed by atoms with Gasteiger partial charge in [0, 0.05) is 0 Å². The summed E-state index contributed by atoms with van der Waals surface area (Å²) in [5.74, 6) is 0.786. The Morgan fingerprint density at radius 1 is 0.743 bits per heavy atom. The van der Waals surface area contributed by atoms with Crippen molar-refractivity contribution < 1.29 is 25.5 Å². The molecule has 0 aliphatic heterocycles. The highest BCUT2D eigenvalue weighted by molar-refractivity contribution is 7.88. The van der Waals surface area contributed by atoms with Crippen molar-refractivity contribution in [2.45, 2.75) is 154 Å². The van der Waals surface area contributed by atoms with Gasteiger partial charge in [-0.25, -0.2) is 0 Å². The Labute approximate surface area is 215 Å². The summed E-state index contributed by atoms with van der Waals surface area (Å²) in [6.07, 6.45) is 19.8. The molecule has 0 N–H and O–H groups in total. The number of hydrogen-bond acceptors (Lipinski definition) is 3. The highest BCUT2D eigenvalue weighted by Gasteiger charge is 2.52. The van der Waals surface area contributed by atoms with E-state index in [1.54, 1.807) is 0 Å². The molecule has 0 aromatic rings. The van der Waals surface area contributed by atoms with E-state index in [1.165, 1.54) is 89.9 Å². The molecule has 1 aliphatic rings. The Morgan fingerprint density at radius 3 is 1.46 bits per heavy atom.